The van der Waals surface area contributed by atoms with Crippen molar-refractivity contribution in [3.63, 3.8) is 0 Å². The Hall–Kier alpha value is -1.59. The van der Waals surface area contributed by atoms with Crippen molar-refractivity contribution in [3.05, 3.63) is 48.1 Å². The molecule has 0 aliphatic heterocycles. The lowest BCUT2D eigenvalue weighted by atomic mass is 9.77. The molecule has 1 unspecified atom stereocenters. The second kappa shape index (κ2) is 11.2. The molecule has 144 valence electrons. The van der Waals surface area contributed by atoms with E-state index in [1.807, 2.05) is 12.1 Å². The fourth-order valence-corrected chi connectivity index (χ4v) is 3.97. The highest BCUT2D eigenvalue weighted by atomic mass is 16.3. The number of aliphatic hydroxyl groups is 1. The van der Waals surface area contributed by atoms with Gasteiger partial charge in [0.25, 0.3) is 0 Å². The van der Waals surface area contributed by atoms with E-state index < -0.39 is 5.60 Å². The molecule has 0 aromatic carbocycles. The molecule has 1 rings (SSSR count). The van der Waals surface area contributed by atoms with Crippen molar-refractivity contribution >= 4 is 0 Å². The van der Waals surface area contributed by atoms with Gasteiger partial charge in [0.15, 0.2) is 0 Å². The van der Waals surface area contributed by atoms with E-state index in [0.29, 0.717) is 11.5 Å². The number of hydrogen-bond acceptors (Lipinski definition) is 2. The van der Waals surface area contributed by atoms with Gasteiger partial charge in [-0.1, -0.05) is 69.6 Å². The van der Waals surface area contributed by atoms with Gasteiger partial charge < -0.3 is 5.11 Å². The Kier molecular flexibility index (Phi) is 9.66. The van der Waals surface area contributed by atoms with Crippen molar-refractivity contribution in [2.24, 2.45) is 11.8 Å². The van der Waals surface area contributed by atoms with E-state index in [2.05, 4.69) is 33.1 Å². The van der Waals surface area contributed by atoms with Crippen LogP contribution in [0.1, 0.15) is 78.6 Å². The molecular weight excluding hydrogens is 318 g/mol. The smallest absolute Gasteiger partial charge is 0.0942 e. The van der Waals surface area contributed by atoms with E-state index in [0.717, 1.165) is 11.5 Å². The van der Waals surface area contributed by atoms with Gasteiger partial charge in [-0.15, -0.1) is 0 Å². The van der Waals surface area contributed by atoms with E-state index in [1.165, 1.54) is 56.9 Å². The third-order valence-corrected chi connectivity index (χ3v) is 5.79. The lowest BCUT2D eigenvalue weighted by Gasteiger charge is -2.29. The van der Waals surface area contributed by atoms with Gasteiger partial charge in [-0.05, 0) is 56.9 Å². The van der Waals surface area contributed by atoms with Gasteiger partial charge in [0.05, 0.1) is 11.7 Å². The highest BCUT2D eigenvalue weighted by Crippen LogP contribution is 2.35. The molecular formula is C24H37NO. The summed E-state index contributed by atoms with van der Waals surface area (Å²) >= 11 is 0. The molecule has 0 amide bonds. The van der Waals surface area contributed by atoms with E-state index >= 15 is 0 Å². The lowest BCUT2D eigenvalue weighted by molar-refractivity contribution is 0.104. The Labute approximate surface area is 161 Å². The highest BCUT2D eigenvalue weighted by molar-refractivity contribution is 5.35. The molecule has 2 nitrogen and oxygen atoms in total. The van der Waals surface area contributed by atoms with E-state index in [9.17, 15) is 5.11 Å². The predicted molar refractivity (Wildman–Crippen MR) is 112 cm³/mol. The molecule has 0 bridgehead atoms. The number of nitrogens with zero attached hydrogens (tertiary/aromatic N) is 1. The second-order valence-corrected chi connectivity index (χ2v) is 8.12. The first kappa shape index (κ1) is 22.5. The number of allylic oxidation sites excluding steroid dienone is 3. The zero-order chi connectivity index (χ0) is 19.6. The summed E-state index contributed by atoms with van der Waals surface area (Å²) in [5.74, 6) is 1.57. The maximum absolute atomic E-state index is 10.7. The minimum atomic E-state index is -1.11. The van der Waals surface area contributed by atoms with Gasteiger partial charge in [0, 0.05) is 12.0 Å². The molecule has 26 heavy (non-hydrogen) atoms. The zero-order valence-corrected chi connectivity index (χ0v) is 17.1. The van der Waals surface area contributed by atoms with Crippen molar-refractivity contribution in [2.45, 2.75) is 84.2 Å². The van der Waals surface area contributed by atoms with Gasteiger partial charge in [0.1, 0.15) is 0 Å². The van der Waals surface area contributed by atoms with Crippen LogP contribution in [0.4, 0.5) is 0 Å². The predicted octanol–water partition coefficient (Wildman–Crippen LogP) is 6.65. The average Bonchev–Trinajstić information content (AvgIpc) is 2.62. The summed E-state index contributed by atoms with van der Waals surface area (Å²) in [4.78, 5) is 0. The Balaban J connectivity index is 2.65. The molecule has 1 atom stereocenters. The van der Waals surface area contributed by atoms with Crippen LogP contribution in [0.25, 0.3) is 0 Å². The molecule has 1 saturated carbocycles. The molecule has 1 fully saturated rings. The summed E-state index contributed by atoms with van der Waals surface area (Å²) in [6.07, 6.45) is 16.7. The first-order valence-electron chi connectivity index (χ1n) is 10.2. The van der Waals surface area contributed by atoms with Crippen LogP contribution < -0.4 is 0 Å². The fraction of sp³-hybridized carbons (Fsp3) is 0.625. The summed E-state index contributed by atoms with van der Waals surface area (Å²) in [6, 6.07) is 2.01. The second-order valence-electron chi connectivity index (χ2n) is 8.12. The molecule has 1 aliphatic rings. The largest absolute Gasteiger partial charge is 0.385 e. The van der Waals surface area contributed by atoms with Gasteiger partial charge in [0.2, 0.25) is 0 Å². The van der Waals surface area contributed by atoms with E-state index in [4.69, 9.17) is 5.26 Å². The SMILES string of the molecule is C=C/C(=C\C=C(/C)C1CCC(CCCCC)CC1)C(C)(O)CC(=C)C#N. The first-order chi connectivity index (χ1) is 12.3. The van der Waals surface area contributed by atoms with Gasteiger partial charge in [-0.3, -0.25) is 0 Å². The summed E-state index contributed by atoms with van der Waals surface area (Å²) in [5.41, 5.74) is 1.39. The van der Waals surface area contributed by atoms with Gasteiger partial charge in [-0.2, -0.15) is 5.26 Å². The van der Waals surface area contributed by atoms with Crippen LogP contribution in [0.3, 0.4) is 0 Å². The quantitative estimate of drug-likeness (QED) is 0.271. The minimum absolute atomic E-state index is 0.233. The van der Waals surface area contributed by atoms with Crippen LogP contribution in [0.5, 0.6) is 0 Å². The summed E-state index contributed by atoms with van der Waals surface area (Å²) < 4.78 is 0. The zero-order valence-electron chi connectivity index (χ0n) is 17.1. The molecule has 0 heterocycles. The van der Waals surface area contributed by atoms with Crippen molar-refractivity contribution < 1.29 is 5.11 Å². The number of nitriles is 1. The Bertz CT molecular complexity index is 566. The highest BCUT2D eigenvalue weighted by Gasteiger charge is 2.25. The maximum atomic E-state index is 10.7. The number of unbranched alkanes of at least 4 members (excludes halogenated alkanes) is 2. The molecule has 0 spiro atoms. The van der Waals surface area contributed by atoms with Crippen LogP contribution >= 0.6 is 0 Å². The van der Waals surface area contributed by atoms with Crippen molar-refractivity contribution in [1.29, 1.82) is 5.26 Å². The molecule has 0 radical (unpaired) electrons. The van der Waals surface area contributed by atoms with E-state index in [-0.39, 0.29) is 6.42 Å². The van der Waals surface area contributed by atoms with Crippen LogP contribution in [0.15, 0.2) is 48.1 Å². The Morgan fingerprint density at radius 3 is 2.42 bits per heavy atom. The Morgan fingerprint density at radius 2 is 1.88 bits per heavy atom. The van der Waals surface area contributed by atoms with Crippen LogP contribution in [0, 0.1) is 23.2 Å². The Morgan fingerprint density at radius 1 is 1.23 bits per heavy atom. The van der Waals surface area contributed by atoms with Crippen LogP contribution in [-0.2, 0) is 0 Å². The summed E-state index contributed by atoms with van der Waals surface area (Å²) in [6.45, 7) is 13.7. The van der Waals surface area contributed by atoms with Crippen LogP contribution in [0.2, 0.25) is 0 Å². The lowest BCUT2D eigenvalue weighted by Crippen LogP contribution is -2.26. The molecule has 2 heteroatoms. The normalized spacial score (nSPS) is 23.8. The molecule has 0 aromatic rings. The van der Waals surface area contributed by atoms with Gasteiger partial charge in [-0.25, -0.2) is 0 Å². The van der Waals surface area contributed by atoms with E-state index in [1.54, 1.807) is 13.0 Å². The topological polar surface area (TPSA) is 44.0 Å². The minimum Gasteiger partial charge on any atom is -0.385 e. The fourth-order valence-electron chi connectivity index (χ4n) is 3.97. The molecule has 0 saturated heterocycles. The summed E-state index contributed by atoms with van der Waals surface area (Å²) in [5, 5.41) is 19.6. The summed E-state index contributed by atoms with van der Waals surface area (Å²) in [7, 11) is 0. The maximum Gasteiger partial charge on any atom is 0.0942 e. The van der Waals surface area contributed by atoms with Gasteiger partial charge >= 0.3 is 0 Å². The molecule has 0 aromatic heterocycles. The molecule has 1 aliphatic carbocycles. The standard InChI is InChI=1S/C24H37NO/c1-6-8-9-10-21-12-14-22(15-13-21)20(4)11-16-23(7-2)24(5,26)17-19(3)18-25/h7,11,16,21-22,26H,2-3,6,8-10,12-15,17H2,1,4-5H3/b20-11+,23-16+. The monoisotopic (exact) mass is 355 g/mol. The average molecular weight is 356 g/mol. The van der Waals surface area contributed by atoms with Crippen molar-refractivity contribution in [3.8, 4) is 6.07 Å². The van der Waals surface area contributed by atoms with Crippen molar-refractivity contribution in [1.82, 2.24) is 0 Å². The van der Waals surface area contributed by atoms with Crippen LogP contribution in [-0.4, -0.2) is 10.7 Å². The number of rotatable bonds is 10. The number of hydrogen-bond donors (Lipinski definition) is 1. The first-order valence-corrected chi connectivity index (χ1v) is 10.2. The van der Waals surface area contributed by atoms with Crippen molar-refractivity contribution in [2.75, 3.05) is 0 Å². The molecule has 1 N–H and O–H groups in total. The third kappa shape index (κ3) is 7.34. The third-order valence-electron chi connectivity index (χ3n) is 5.79.